The second-order valence-corrected chi connectivity index (χ2v) is 33.5. The summed E-state index contributed by atoms with van der Waals surface area (Å²) in [5, 5.41) is 30.0. The van der Waals surface area contributed by atoms with E-state index in [0.717, 1.165) is 83.2 Å². The van der Waals surface area contributed by atoms with Crippen LogP contribution in [0.5, 0.6) is 0 Å². The van der Waals surface area contributed by atoms with E-state index in [2.05, 4.69) is 322 Å². The maximum absolute atomic E-state index is 5.29. The minimum absolute atomic E-state index is 0.636. The maximum Gasteiger partial charge on any atom is 0.235 e. The summed E-state index contributed by atoms with van der Waals surface area (Å²) in [4.78, 5) is 44.1. The first-order chi connectivity index (χ1) is 63.0. The Morgan fingerprint density at radius 3 is 0.992 bits per heavy atom. The summed E-state index contributed by atoms with van der Waals surface area (Å²) in [6, 6.07) is 121. The van der Waals surface area contributed by atoms with Gasteiger partial charge in [-0.25, -0.2) is 29.9 Å². The van der Waals surface area contributed by atoms with Gasteiger partial charge in [0.15, 0.2) is 0 Å². The van der Waals surface area contributed by atoms with Crippen molar-refractivity contribution in [3.05, 3.63) is 370 Å². The Morgan fingerprint density at radius 2 is 0.543 bits per heavy atom. The third-order valence-electron chi connectivity index (χ3n) is 27.0. The fourth-order valence-corrected chi connectivity index (χ4v) is 22.0. The Bertz CT molecular complexity index is 10200. The average Bonchev–Trinajstić information content (AvgIpc) is 1.52. The minimum Gasteiger partial charge on any atom is -0.308 e. The van der Waals surface area contributed by atoms with E-state index < -0.39 is 0 Å². The van der Waals surface area contributed by atoms with Gasteiger partial charge in [0.25, 0.3) is 0 Å². The van der Waals surface area contributed by atoms with Crippen molar-refractivity contribution in [2.24, 2.45) is 0 Å². The van der Waals surface area contributed by atoms with Crippen LogP contribution >= 0.6 is 0 Å². The van der Waals surface area contributed by atoms with Crippen LogP contribution in [0.4, 0.5) is 0 Å². The molecule has 0 aliphatic rings. The molecular weight excluding hydrogens is 1560 g/mol. The van der Waals surface area contributed by atoms with Crippen LogP contribution in [0.1, 0.15) is 5.69 Å². The Balaban J connectivity index is 0.0000000949. The minimum atomic E-state index is 0.636. The van der Waals surface area contributed by atoms with Gasteiger partial charge < -0.3 is 13.2 Å². The van der Waals surface area contributed by atoms with Gasteiger partial charge in [0.1, 0.15) is 22.2 Å². The quantitative estimate of drug-likeness (QED) is 0.168. The summed E-state index contributed by atoms with van der Waals surface area (Å²) in [5.41, 5.74) is 25.4. The highest BCUT2D eigenvalue weighted by molar-refractivity contribution is 6.42. The molecule has 16 aromatic carbocycles. The van der Waals surface area contributed by atoms with Crippen LogP contribution in [-0.4, -0.2) is 71.8 Å². The molecule has 0 saturated carbocycles. The van der Waals surface area contributed by atoms with Gasteiger partial charge in [-0.05, 0) is 148 Å². The van der Waals surface area contributed by atoms with Crippen LogP contribution in [0, 0.1) is 6.92 Å². The van der Waals surface area contributed by atoms with Crippen molar-refractivity contribution < 1.29 is 0 Å². The first-order valence-corrected chi connectivity index (χ1v) is 42.9. The summed E-state index contributed by atoms with van der Waals surface area (Å²) >= 11 is 0. The second-order valence-electron chi connectivity index (χ2n) is 33.5. The Labute approximate surface area is 718 Å². The molecule has 586 valence electrons. The number of fused-ring (bicyclic) bond motifs is 39. The third kappa shape index (κ3) is 9.18. The molecule has 0 unspecified atom stereocenters. The van der Waals surface area contributed by atoms with E-state index in [1.807, 2.05) is 73.9 Å². The lowest BCUT2D eigenvalue weighted by Crippen LogP contribution is -2.04. The summed E-state index contributed by atoms with van der Waals surface area (Å²) in [7, 11) is 0. The number of hydrogen-bond acceptors (Lipinski definition) is 9. The van der Waals surface area contributed by atoms with Crippen molar-refractivity contribution in [1.29, 1.82) is 0 Å². The summed E-state index contributed by atoms with van der Waals surface area (Å²) in [6.07, 6.45) is 7.22. The zero-order valence-electron chi connectivity index (χ0n) is 67.8. The molecule has 127 heavy (non-hydrogen) atoms. The van der Waals surface area contributed by atoms with Crippen molar-refractivity contribution >= 4 is 245 Å². The number of hydrogen-bond donors (Lipinski definition) is 0. The van der Waals surface area contributed by atoms with E-state index >= 15 is 0 Å². The van der Waals surface area contributed by atoms with Crippen molar-refractivity contribution in [2.45, 2.75) is 6.92 Å². The number of benzene rings is 16. The van der Waals surface area contributed by atoms with Crippen LogP contribution < -0.4 is 0 Å². The molecule has 0 fully saturated rings. The van der Waals surface area contributed by atoms with Gasteiger partial charge in [-0.2, -0.15) is 0 Å². The Morgan fingerprint density at radius 1 is 0.205 bits per heavy atom. The van der Waals surface area contributed by atoms with Crippen molar-refractivity contribution in [3.8, 4) is 29.1 Å². The second kappa shape index (κ2) is 25.4. The van der Waals surface area contributed by atoms with Gasteiger partial charge in [-0.1, -0.05) is 231 Å². The largest absolute Gasteiger partial charge is 0.308 e. The van der Waals surface area contributed by atoms with Crippen LogP contribution in [-0.2, 0) is 0 Å². The van der Waals surface area contributed by atoms with Gasteiger partial charge in [0, 0.05) is 121 Å². The average molecular weight is 1620 g/mol. The predicted octanol–water partition coefficient (Wildman–Crippen LogP) is 27.3. The molecule has 31 rings (SSSR count). The fourth-order valence-electron chi connectivity index (χ4n) is 22.0. The number of nitrogens with zero attached hydrogens (tertiary/aromatic N) is 15. The Hall–Kier alpha value is -17.4. The van der Waals surface area contributed by atoms with Crippen LogP contribution in [0.15, 0.2) is 365 Å². The first-order valence-electron chi connectivity index (χ1n) is 42.9. The standard InChI is InChI=1S/C41H23N5.C36H21N5.C35H19N5/c1-2-12-25(13-3-1)38-39-30(17-10-22-42-39)43-41(44-38)46-32-19-9-7-16-28(32)36-34(46)23-29-27-15-6-8-18-31(27)45-33-21-20-24-11-4-5-14-26(24)35(33)37(36)40(29)45;1-20-34-26(13-8-18-37-34)39-36(38-20)41-28-15-7-5-12-24(28)32-30(41)19-25-23-11-4-6-14-27(23)40-29-17-16-21-9-2-3-10-22(21)31(29)33(32)35(25)40;1-2-9-21-20(8-1)15-16-29-31(21)33-32-23-11-4-6-14-28(23)40(35-37-19-26-25(38-35)12-7-17-36-26)30(32)18-24-22-10-3-5-13-27(22)39(29)34(24)33/h1-23H;2-19H,1H3;1-19H. The molecule has 15 heteroatoms. The molecule has 31 aromatic rings. The zero-order valence-corrected chi connectivity index (χ0v) is 67.8. The van der Waals surface area contributed by atoms with Crippen LogP contribution in [0.2, 0.25) is 0 Å². The van der Waals surface area contributed by atoms with E-state index in [1.165, 1.54) is 179 Å². The van der Waals surface area contributed by atoms with Crippen LogP contribution in [0.3, 0.4) is 0 Å². The van der Waals surface area contributed by atoms with Crippen molar-refractivity contribution in [2.75, 3.05) is 0 Å². The number of aryl methyl sites for hydroxylation is 1. The van der Waals surface area contributed by atoms with Gasteiger partial charge >= 0.3 is 0 Å². The maximum atomic E-state index is 5.29. The summed E-state index contributed by atoms with van der Waals surface area (Å²) in [5.74, 6) is 1.95. The SMILES string of the molecule is Cc1nc(-n2c3ccccc3c3c4c5c6ccccc6ccc5n5c6ccccc6c(cc32)c45)nc2cccnc12.c1ccc(-c2nc(-n3c4ccccc4c4c5c6c7ccccc7ccc6n6c7ccccc7c(cc43)c56)nc3cccnc23)cc1.c1ccc2c(c1)ccc1c2c2c3c4ccccc4n(-c4ncc5ncccc5n4)c3cc3c4ccccc4n1c32. The smallest absolute Gasteiger partial charge is 0.235 e. The number of rotatable bonds is 4. The van der Waals surface area contributed by atoms with E-state index in [1.54, 1.807) is 12.4 Å². The lowest BCUT2D eigenvalue weighted by Gasteiger charge is -2.11. The van der Waals surface area contributed by atoms with E-state index in [-0.39, 0.29) is 0 Å². The van der Waals surface area contributed by atoms with E-state index in [9.17, 15) is 0 Å². The van der Waals surface area contributed by atoms with Gasteiger partial charge in [0.2, 0.25) is 17.8 Å². The molecule has 0 spiro atoms. The normalized spacial score (nSPS) is 12.4. The summed E-state index contributed by atoms with van der Waals surface area (Å²) < 4.78 is 14.1. The number of pyridine rings is 3. The molecule has 0 atom stereocenters. The lowest BCUT2D eigenvalue weighted by atomic mass is 9.98. The Kier molecular flexibility index (Phi) is 13.6. The predicted molar refractivity (Wildman–Crippen MR) is 522 cm³/mol. The molecule has 15 heterocycles. The van der Waals surface area contributed by atoms with Gasteiger partial charge in [-0.3, -0.25) is 28.7 Å². The van der Waals surface area contributed by atoms with Crippen LogP contribution in [0.25, 0.3) is 274 Å². The van der Waals surface area contributed by atoms with E-state index in [4.69, 9.17) is 34.9 Å². The topological polar surface area (TPSA) is 144 Å². The molecule has 15 nitrogen and oxygen atoms in total. The zero-order chi connectivity index (χ0) is 82.7. The molecule has 0 amide bonds. The van der Waals surface area contributed by atoms with Crippen molar-refractivity contribution in [1.82, 2.24) is 71.8 Å². The molecule has 0 bridgehead atoms. The molecule has 0 saturated heterocycles. The summed E-state index contributed by atoms with van der Waals surface area (Å²) in [6.45, 7) is 2.02. The number of aromatic nitrogens is 15. The molecular formula is C112H63N15. The third-order valence-corrected chi connectivity index (χ3v) is 27.0. The highest BCUT2D eigenvalue weighted by Crippen LogP contribution is 2.53. The fraction of sp³-hybridized carbons (Fsp3) is 0.00893. The molecule has 0 aliphatic heterocycles. The number of para-hydroxylation sites is 6. The van der Waals surface area contributed by atoms with E-state index in [0.29, 0.717) is 17.8 Å². The monoisotopic (exact) mass is 1620 g/mol. The molecule has 0 radical (unpaired) electrons. The molecule has 0 aliphatic carbocycles. The lowest BCUT2D eigenvalue weighted by molar-refractivity contribution is 0.984. The van der Waals surface area contributed by atoms with Gasteiger partial charge in [-0.15, -0.1) is 0 Å². The highest BCUT2D eigenvalue weighted by atomic mass is 15.2. The highest BCUT2D eigenvalue weighted by Gasteiger charge is 2.31. The molecule has 15 aromatic heterocycles. The molecule has 0 N–H and O–H groups in total. The van der Waals surface area contributed by atoms with Crippen molar-refractivity contribution in [3.63, 3.8) is 0 Å². The van der Waals surface area contributed by atoms with Gasteiger partial charge in [0.05, 0.1) is 111 Å². The first kappa shape index (κ1) is 68.2.